The van der Waals surface area contributed by atoms with E-state index in [1.54, 1.807) is 6.20 Å². The van der Waals surface area contributed by atoms with E-state index in [2.05, 4.69) is 21.9 Å². The highest BCUT2D eigenvalue weighted by Gasteiger charge is 2.10. The fourth-order valence-corrected chi connectivity index (χ4v) is 3.24. The molecule has 30 heavy (non-hydrogen) atoms. The topological polar surface area (TPSA) is 75.9 Å². The number of halogens is 1. The van der Waals surface area contributed by atoms with Gasteiger partial charge in [-0.05, 0) is 59.6 Å². The lowest BCUT2D eigenvalue weighted by Gasteiger charge is -2.14. The van der Waals surface area contributed by atoms with Crippen molar-refractivity contribution in [1.82, 2.24) is 20.8 Å². The van der Waals surface area contributed by atoms with Crippen molar-refractivity contribution in [3.8, 4) is 11.4 Å². The number of hydrogen-bond acceptors (Lipinski definition) is 4. The summed E-state index contributed by atoms with van der Waals surface area (Å²) in [5.74, 6) is 0. The van der Waals surface area contributed by atoms with Crippen molar-refractivity contribution in [3.63, 3.8) is 0 Å². The molecule has 0 radical (unpaired) electrons. The highest BCUT2D eigenvalue weighted by Crippen LogP contribution is 2.26. The number of pyridine rings is 2. The molecular formula is C23H18ClN5S. The molecule has 0 fully saturated rings. The molecule has 0 aliphatic rings. The maximum atomic E-state index is 6.06. The standard InChI is InChI=1S/C23H18ClN5S/c24-17-10-8-15(9-11-17)20(28-29-23(25)30)14-21-18-6-2-1-5-16(18)13-22(27-21)19-7-3-4-12-26-19/h1-14,28H,(H3,25,29,30)/b20-14+. The monoisotopic (exact) mass is 431 g/mol. The van der Waals surface area contributed by atoms with Gasteiger partial charge in [-0.25, -0.2) is 4.98 Å². The smallest absolute Gasteiger partial charge is 0.182 e. The highest BCUT2D eigenvalue weighted by atomic mass is 35.5. The normalized spacial score (nSPS) is 11.3. The predicted molar refractivity (Wildman–Crippen MR) is 127 cm³/mol. The molecule has 2 aromatic carbocycles. The summed E-state index contributed by atoms with van der Waals surface area (Å²) in [7, 11) is 0. The summed E-state index contributed by atoms with van der Waals surface area (Å²) >= 11 is 11.0. The van der Waals surface area contributed by atoms with Crippen LogP contribution < -0.4 is 16.6 Å². The summed E-state index contributed by atoms with van der Waals surface area (Å²) in [6, 6.07) is 23.4. The lowest BCUT2D eigenvalue weighted by atomic mass is 10.0. The predicted octanol–water partition coefficient (Wildman–Crippen LogP) is 4.79. The molecule has 2 heterocycles. The summed E-state index contributed by atoms with van der Waals surface area (Å²) in [5, 5.41) is 2.87. The van der Waals surface area contributed by atoms with Crippen LogP contribution in [0.4, 0.5) is 0 Å². The molecule has 0 bridgehead atoms. The Bertz CT molecular complexity index is 1220. The number of rotatable bonds is 5. The van der Waals surface area contributed by atoms with Gasteiger partial charge in [0.1, 0.15) is 0 Å². The lowest BCUT2D eigenvalue weighted by Crippen LogP contribution is -2.39. The summed E-state index contributed by atoms with van der Waals surface area (Å²) < 4.78 is 0. The highest BCUT2D eigenvalue weighted by molar-refractivity contribution is 7.80. The number of hydrazine groups is 1. The molecule has 0 saturated carbocycles. The van der Waals surface area contributed by atoms with E-state index < -0.39 is 0 Å². The van der Waals surface area contributed by atoms with Crippen molar-refractivity contribution in [2.75, 3.05) is 0 Å². The van der Waals surface area contributed by atoms with Crippen molar-refractivity contribution in [2.24, 2.45) is 5.73 Å². The minimum Gasteiger partial charge on any atom is -0.375 e. The van der Waals surface area contributed by atoms with E-state index in [-0.39, 0.29) is 5.11 Å². The fraction of sp³-hybridized carbons (Fsp3) is 0. The van der Waals surface area contributed by atoms with Crippen LogP contribution in [0.3, 0.4) is 0 Å². The minimum absolute atomic E-state index is 0.134. The van der Waals surface area contributed by atoms with E-state index in [9.17, 15) is 0 Å². The average molecular weight is 432 g/mol. The number of aromatic nitrogens is 2. The van der Waals surface area contributed by atoms with Crippen molar-refractivity contribution in [3.05, 3.63) is 95.3 Å². The zero-order valence-electron chi connectivity index (χ0n) is 15.8. The Hall–Kier alpha value is -3.48. The Labute approximate surface area is 184 Å². The first-order valence-corrected chi connectivity index (χ1v) is 9.99. The van der Waals surface area contributed by atoms with E-state index in [1.807, 2.05) is 72.8 Å². The van der Waals surface area contributed by atoms with Crippen LogP contribution in [0.15, 0.2) is 79.0 Å². The van der Waals surface area contributed by atoms with Crippen LogP contribution in [0.1, 0.15) is 11.3 Å². The quantitative estimate of drug-likeness (QED) is 0.311. The molecule has 2 aromatic heterocycles. The van der Waals surface area contributed by atoms with Crippen LogP contribution >= 0.6 is 23.8 Å². The molecule has 5 nitrogen and oxygen atoms in total. The zero-order chi connectivity index (χ0) is 20.9. The molecule has 0 atom stereocenters. The molecule has 0 saturated heterocycles. The van der Waals surface area contributed by atoms with E-state index in [4.69, 9.17) is 34.5 Å². The van der Waals surface area contributed by atoms with Crippen LogP contribution in [-0.4, -0.2) is 15.1 Å². The Balaban J connectivity index is 1.88. The molecule has 0 aliphatic carbocycles. The first-order chi connectivity index (χ1) is 14.6. The second-order valence-electron chi connectivity index (χ2n) is 6.51. The van der Waals surface area contributed by atoms with Gasteiger partial charge in [-0.15, -0.1) is 0 Å². The summed E-state index contributed by atoms with van der Waals surface area (Å²) in [6.45, 7) is 0. The van der Waals surface area contributed by atoms with Crippen LogP contribution in [0, 0.1) is 0 Å². The molecular weight excluding hydrogens is 414 g/mol. The van der Waals surface area contributed by atoms with Gasteiger partial charge < -0.3 is 5.73 Å². The molecule has 7 heteroatoms. The minimum atomic E-state index is 0.134. The van der Waals surface area contributed by atoms with E-state index >= 15 is 0 Å². The molecule has 4 rings (SSSR count). The Morgan fingerprint density at radius 3 is 2.43 bits per heavy atom. The van der Waals surface area contributed by atoms with Crippen molar-refractivity contribution < 1.29 is 0 Å². The zero-order valence-corrected chi connectivity index (χ0v) is 17.4. The van der Waals surface area contributed by atoms with Gasteiger partial charge in [0.05, 0.1) is 22.8 Å². The van der Waals surface area contributed by atoms with Crippen LogP contribution in [0.2, 0.25) is 5.02 Å². The molecule has 4 N–H and O–H groups in total. The third-order valence-corrected chi connectivity index (χ3v) is 4.81. The molecule has 4 aromatic rings. The third kappa shape index (κ3) is 4.56. The molecule has 0 spiro atoms. The van der Waals surface area contributed by atoms with Gasteiger partial charge in [-0.3, -0.25) is 15.8 Å². The van der Waals surface area contributed by atoms with Gasteiger partial charge in [-0.2, -0.15) is 0 Å². The number of nitrogens with two attached hydrogens (primary N) is 1. The van der Waals surface area contributed by atoms with Crippen molar-refractivity contribution >= 4 is 51.5 Å². The number of benzene rings is 2. The van der Waals surface area contributed by atoms with Crippen molar-refractivity contribution in [1.29, 1.82) is 0 Å². The van der Waals surface area contributed by atoms with Gasteiger partial charge in [0, 0.05) is 16.6 Å². The van der Waals surface area contributed by atoms with Gasteiger partial charge in [0.2, 0.25) is 0 Å². The van der Waals surface area contributed by atoms with Gasteiger partial charge >= 0.3 is 0 Å². The van der Waals surface area contributed by atoms with E-state index in [0.717, 1.165) is 39.1 Å². The fourth-order valence-electron chi connectivity index (χ4n) is 3.07. The summed E-state index contributed by atoms with van der Waals surface area (Å²) in [4.78, 5) is 9.33. The number of thiocarbonyl (C=S) groups is 1. The Kier molecular flexibility index (Phi) is 5.88. The maximum absolute atomic E-state index is 6.06. The van der Waals surface area contributed by atoms with E-state index in [0.29, 0.717) is 5.02 Å². The third-order valence-electron chi connectivity index (χ3n) is 4.45. The Morgan fingerprint density at radius 1 is 0.933 bits per heavy atom. The number of nitrogens with one attached hydrogen (secondary N) is 2. The summed E-state index contributed by atoms with van der Waals surface area (Å²) in [6.07, 6.45) is 3.71. The lowest BCUT2D eigenvalue weighted by molar-refractivity contribution is 0.847. The largest absolute Gasteiger partial charge is 0.375 e. The van der Waals surface area contributed by atoms with Gasteiger partial charge in [0.15, 0.2) is 5.11 Å². The maximum Gasteiger partial charge on any atom is 0.182 e. The molecule has 0 aliphatic heterocycles. The van der Waals surface area contributed by atoms with Crippen LogP contribution in [0.25, 0.3) is 33.9 Å². The summed E-state index contributed by atoms with van der Waals surface area (Å²) in [5.41, 5.74) is 15.5. The van der Waals surface area contributed by atoms with E-state index in [1.165, 1.54) is 0 Å². The van der Waals surface area contributed by atoms with Crippen LogP contribution in [-0.2, 0) is 0 Å². The first-order valence-electron chi connectivity index (χ1n) is 9.20. The second-order valence-corrected chi connectivity index (χ2v) is 7.38. The van der Waals surface area contributed by atoms with Crippen LogP contribution in [0.5, 0.6) is 0 Å². The SMILES string of the molecule is NC(=S)NN/C(=C/c1nc(-c2ccccn2)cc2ccccc12)c1ccc(Cl)cc1. The molecule has 148 valence electrons. The van der Waals surface area contributed by atoms with Gasteiger partial charge in [-0.1, -0.05) is 54.1 Å². The first kappa shape index (κ1) is 19.8. The average Bonchev–Trinajstić information content (AvgIpc) is 2.77. The molecule has 0 unspecified atom stereocenters. The Morgan fingerprint density at radius 2 is 1.70 bits per heavy atom. The second kappa shape index (κ2) is 8.90. The number of nitrogens with zero attached hydrogens (tertiary/aromatic N) is 2. The van der Waals surface area contributed by atoms with Gasteiger partial charge in [0.25, 0.3) is 0 Å². The number of fused-ring (bicyclic) bond motifs is 1. The van der Waals surface area contributed by atoms with Crippen molar-refractivity contribution in [2.45, 2.75) is 0 Å². The molecule has 0 amide bonds. The number of hydrogen-bond donors (Lipinski definition) is 3.